The Bertz CT molecular complexity index is 749. The number of carbonyl (C=O) groups is 1. The fourth-order valence-electron chi connectivity index (χ4n) is 2.10. The molecule has 1 N–H and O–H groups in total. The minimum absolute atomic E-state index is 0.353. The second-order valence-corrected chi connectivity index (χ2v) is 4.41. The van der Waals surface area contributed by atoms with Gasteiger partial charge in [-0.15, -0.1) is 0 Å². The molecule has 0 radical (unpaired) electrons. The Labute approximate surface area is 121 Å². The first-order valence-electron chi connectivity index (χ1n) is 6.43. The third-order valence-corrected chi connectivity index (χ3v) is 3.14. The van der Waals surface area contributed by atoms with E-state index in [9.17, 15) is 4.79 Å². The minimum Gasteiger partial charge on any atom is -0.465 e. The Morgan fingerprint density at radius 2 is 1.90 bits per heavy atom. The molecule has 0 unspecified atom stereocenters. The first-order valence-corrected chi connectivity index (χ1v) is 6.43. The zero-order valence-corrected chi connectivity index (χ0v) is 11.4. The molecule has 3 aromatic rings. The third kappa shape index (κ3) is 2.53. The molecule has 0 spiro atoms. The van der Waals surface area contributed by atoms with Crippen molar-refractivity contribution in [3.05, 3.63) is 60.6 Å². The normalized spacial score (nSPS) is 10.3. The lowest BCUT2D eigenvalue weighted by Gasteiger charge is -2.04. The number of benzene rings is 1. The fraction of sp³-hybridized carbons (Fsp3) is 0.0625. The first-order chi connectivity index (χ1) is 10.3. The van der Waals surface area contributed by atoms with Crippen LogP contribution in [0.25, 0.3) is 22.6 Å². The number of nitrogens with zero attached hydrogens (tertiary/aromatic N) is 2. The van der Waals surface area contributed by atoms with E-state index >= 15 is 0 Å². The van der Waals surface area contributed by atoms with Gasteiger partial charge in [0.2, 0.25) is 0 Å². The van der Waals surface area contributed by atoms with Crippen LogP contribution in [-0.2, 0) is 4.74 Å². The van der Waals surface area contributed by atoms with Gasteiger partial charge < -0.3 is 9.72 Å². The van der Waals surface area contributed by atoms with E-state index in [1.807, 2.05) is 30.3 Å². The van der Waals surface area contributed by atoms with Crippen LogP contribution in [0.3, 0.4) is 0 Å². The maximum absolute atomic E-state index is 11.4. The van der Waals surface area contributed by atoms with Crippen molar-refractivity contribution in [2.75, 3.05) is 7.11 Å². The number of pyridine rings is 1. The van der Waals surface area contributed by atoms with Crippen molar-refractivity contribution < 1.29 is 9.53 Å². The van der Waals surface area contributed by atoms with Crippen LogP contribution in [0.4, 0.5) is 0 Å². The Balaban J connectivity index is 1.99. The molecule has 2 heterocycles. The van der Waals surface area contributed by atoms with Gasteiger partial charge in [0.15, 0.2) is 0 Å². The van der Waals surface area contributed by atoms with E-state index in [1.54, 1.807) is 24.7 Å². The summed E-state index contributed by atoms with van der Waals surface area (Å²) >= 11 is 0. The molecule has 0 amide bonds. The molecule has 0 aliphatic heterocycles. The average Bonchev–Trinajstić information content (AvgIpc) is 3.04. The number of rotatable bonds is 3. The number of aromatic nitrogens is 3. The van der Waals surface area contributed by atoms with E-state index in [1.165, 1.54) is 7.11 Å². The standard InChI is InChI=1S/C16H13N3O2/c1-21-16(20)12-7-5-11(6-8-12)14-15(19-10-18-14)13-4-2-3-9-17-13/h2-10H,1H3,(H,18,19). The smallest absolute Gasteiger partial charge is 0.337 e. The third-order valence-electron chi connectivity index (χ3n) is 3.14. The van der Waals surface area contributed by atoms with Crippen LogP contribution in [0.15, 0.2) is 55.0 Å². The zero-order valence-electron chi connectivity index (χ0n) is 11.4. The maximum atomic E-state index is 11.4. The van der Waals surface area contributed by atoms with Crippen LogP contribution >= 0.6 is 0 Å². The SMILES string of the molecule is COC(=O)c1ccc(-c2nc[nH]c2-c2ccccn2)cc1. The molecule has 21 heavy (non-hydrogen) atoms. The molecular formula is C16H13N3O2. The molecule has 0 atom stereocenters. The fourth-order valence-corrected chi connectivity index (χ4v) is 2.10. The minimum atomic E-state index is -0.353. The molecule has 0 fully saturated rings. The molecule has 3 rings (SSSR count). The molecule has 1 aromatic carbocycles. The predicted molar refractivity (Wildman–Crippen MR) is 78.6 cm³/mol. The van der Waals surface area contributed by atoms with Crippen molar-refractivity contribution in [3.63, 3.8) is 0 Å². The number of hydrogen-bond donors (Lipinski definition) is 1. The van der Waals surface area contributed by atoms with Crippen LogP contribution in [0, 0.1) is 0 Å². The van der Waals surface area contributed by atoms with Crippen LogP contribution in [-0.4, -0.2) is 28.0 Å². The Morgan fingerprint density at radius 1 is 1.10 bits per heavy atom. The van der Waals surface area contributed by atoms with Crippen molar-refractivity contribution in [1.82, 2.24) is 15.0 Å². The molecule has 0 aliphatic carbocycles. The topological polar surface area (TPSA) is 67.9 Å². The molecule has 5 heteroatoms. The van der Waals surface area contributed by atoms with E-state index in [2.05, 4.69) is 19.7 Å². The Kier molecular flexibility index (Phi) is 3.47. The number of ether oxygens (including phenoxy) is 1. The maximum Gasteiger partial charge on any atom is 0.337 e. The quantitative estimate of drug-likeness (QED) is 0.748. The summed E-state index contributed by atoms with van der Waals surface area (Å²) in [6.45, 7) is 0. The summed E-state index contributed by atoms with van der Waals surface area (Å²) < 4.78 is 4.69. The lowest BCUT2D eigenvalue weighted by Crippen LogP contribution is -2.00. The van der Waals surface area contributed by atoms with Gasteiger partial charge in [-0.3, -0.25) is 4.98 Å². The van der Waals surface area contributed by atoms with Gasteiger partial charge in [-0.05, 0) is 24.3 Å². The van der Waals surface area contributed by atoms with Crippen molar-refractivity contribution >= 4 is 5.97 Å². The lowest BCUT2D eigenvalue weighted by molar-refractivity contribution is 0.0601. The van der Waals surface area contributed by atoms with Gasteiger partial charge in [0.05, 0.1) is 36.1 Å². The summed E-state index contributed by atoms with van der Waals surface area (Å²) in [7, 11) is 1.36. The number of methoxy groups -OCH3 is 1. The van der Waals surface area contributed by atoms with Crippen molar-refractivity contribution in [3.8, 4) is 22.6 Å². The highest BCUT2D eigenvalue weighted by atomic mass is 16.5. The summed E-state index contributed by atoms with van der Waals surface area (Å²) in [4.78, 5) is 23.2. The molecule has 0 saturated heterocycles. The zero-order chi connectivity index (χ0) is 14.7. The van der Waals surface area contributed by atoms with E-state index in [4.69, 9.17) is 0 Å². The summed E-state index contributed by atoms with van der Waals surface area (Å²) in [6, 6.07) is 12.8. The number of aromatic amines is 1. The number of esters is 1. The summed E-state index contributed by atoms with van der Waals surface area (Å²) in [5, 5.41) is 0. The number of H-pyrrole nitrogens is 1. The van der Waals surface area contributed by atoms with Crippen molar-refractivity contribution in [2.45, 2.75) is 0 Å². The molecule has 0 bridgehead atoms. The molecule has 2 aromatic heterocycles. The molecular weight excluding hydrogens is 266 g/mol. The molecule has 104 valence electrons. The molecule has 0 saturated carbocycles. The van der Waals surface area contributed by atoms with Gasteiger partial charge in [-0.1, -0.05) is 18.2 Å². The number of hydrogen-bond acceptors (Lipinski definition) is 4. The summed E-state index contributed by atoms with van der Waals surface area (Å²) in [5.41, 5.74) is 3.88. The van der Waals surface area contributed by atoms with Crippen LogP contribution < -0.4 is 0 Å². The van der Waals surface area contributed by atoms with Crippen molar-refractivity contribution in [2.24, 2.45) is 0 Å². The van der Waals surface area contributed by atoms with E-state index < -0.39 is 0 Å². The van der Waals surface area contributed by atoms with E-state index in [0.29, 0.717) is 5.56 Å². The van der Waals surface area contributed by atoms with Gasteiger partial charge in [0.25, 0.3) is 0 Å². The monoisotopic (exact) mass is 279 g/mol. The van der Waals surface area contributed by atoms with Gasteiger partial charge in [-0.2, -0.15) is 0 Å². The van der Waals surface area contributed by atoms with E-state index in [0.717, 1.165) is 22.6 Å². The second-order valence-electron chi connectivity index (χ2n) is 4.41. The predicted octanol–water partition coefficient (Wildman–Crippen LogP) is 2.93. The van der Waals surface area contributed by atoms with Crippen LogP contribution in [0.1, 0.15) is 10.4 Å². The lowest BCUT2D eigenvalue weighted by atomic mass is 10.1. The summed E-state index contributed by atoms with van der Waals surface area (Å²) in [6.07, 6.45) is 3.37. The van der Waals surface area contributed by atoms with E-state index in [-0.39, 0.29) is 5.97 Å². The molecule has 0 aliphatic rings. The Morgan fingerprint density at radius 3 is 2.57 bits per heavy atom. The van der Waals surface area contributed by atoms with Gasteiger partial charge >= 0.3 is 5.97 Å². The number of carbonyl (C=O) groups excluding carboxylic acids is 1. The van der Waals surface area contributed by atoms with Gasteiger partial charge in [-0.25, -0.2) is 9.78 Å². The van der Waals surface area contributed by atoms with Crippen LogP contribution in [0.5, 0.6) is 0 Å². The van der Waals surface area contributed by atoms with Crippen molar-refractivity contribution in [1.29, 1.82) is 0 Å². The highest BCUT2D eigenvalue weighted by Crippen LogP contribution is 2.27. The number of imidazole rings is 1. The van der Waals surface area contributed by atoms with Gasteiger partial charge in [0, 0.05) is 11.8 Å². The number of nitrogens with one attached hydrogen (secondary N) is 1. The van der Waals surface area contributed by atoms with Gasteiger partial charge in [0.1, 0.15) is 0 Å². The highest BCUT2D eigenvalue weighted by molar-refractivity contribution is 5.90. The van der Waals surface area contributed by atoms with Crippen LogP contribution in [0.2, 0.25) is 0 Å². The summed E-state index contributed by atoms with van der Waals surface area (Å²) in [5.74, 6) is -0.353. The first kappa shape index (κ1) is 13.1. The highest BCUT2D eigenvalue weighted by Gasteiger charge is 2.12. The average molecular weight is 279 g/mol. The largest absolute Gasteiger partial charge is 0.465 e. The Hall–Kier alpha value is -2.95. The molecule has 5 nitrogen and oxygen atoms in total. The second kappa shape index (κ2) is 5.58.